The van der Waals surface area contributed by atoms with Crippen molar-refractivity contribution in [3.63, 3.8) is 0 Å². The fourth-order valence-corrected chi connectivity index (χ4v) is 5.97. The Morgan fingerprint density at radius 1 is 1.26 bits per heavy atom. The van der Waals surface area contributed by atoms with Crippen LogP contribution in [0.25, 0.3) is 0 Å². The van der Waals surface area contributed by atoms with Crippen molar-refractivity contribution in [2.45, 2.75) is 17.0 Å². The summed E-state index contributed by atoms with van der Waals surface area (Å²) in [5, 5.41) is 19.1. The average Bonchev–Trinajstić information content (AvgIpc) is 2.69. The summed E-state index contributed by atoms with van der Waals surface area (Å²) in [5.74, 6) is -2.70. The second kappa shape index (κ2) is 6.36. The van der Waals surface area contributed by atoms with Crippen LogP contribution >= 0.6 is 11.6 Å². The minimum atomic E-state index is -4.31. The first-order valence-electron chi connectivity index (χ1n) is 6.40. The summed E-state index contributed by atoms with van der Waals surface area (Å²) in [6.07, 6.45) is -1.48. The highest BCUT2D eigenvalue weighted by molar-refractivity contribution is 7.92. The van der Waals surface area contributed by atoms with Gasteiger partial charge in [0.1, 0.15) is 6.54 Å². The van der Waals surface area contributed by atoms with E-state index in [4.69, 9.17) is 16.7 Å². The molecule has 0 radical (unpaired) electrons. The molecule has 1 heterocycles. The van der Waals surface area contributed by atoms with Gasteiger partial charge in [0.25, 0.3) is 0 Å². The molecule has 1 fully saturated rings. The fraction of sp³-hybridized carbons (Fsp3) is 0.417. The van der Waals surface area contributed by atoms with Crippen LogP contribution in [0.2, 0.25) is 5.02 Å². The molecule has 23 heavy (non-hydrogen) atoms. The molecule has 1 saturated heterocycles. The van der Waals surface area contributed by atoms with E-state index in [1.54, 1.807) is 0 Å². The highest BCUT2D eigenvalue weighted by Gasteiger charge is 2.45. The van der Waals surface area contributed by atoms with Crippen LogP contribution in [-0.4, -0.2) is 67.5 Å². The van der Waals surface area contributed by atoms with E-state index in [1.807, 2.05) is 0 Å². The first kappa shape index (κ1) is 18.1. The van der Waals surface area contributed by atoms with Crippen molar-refractivity contribution in [1.82, 2.24) is 4.31 Å². The number of aliphatic hydroxyl groups is 1. The van der Waals surface area contributed by atoms with Crippen LogP contribution < -0.4 is 0 Å². The minimum Gasteiger partial charge on any atom is -0.480 e. The van der Waals surface area contributed by atoms with Crippen molar-refractivity contribution < 1.29 is 31.8 Å². The SMILES string of the molecule is O=C(O)CN([C@H]1CS(=O)(=O)C[C@H]1O)S(=O)(=O)c1ccc(Cl)cc1. The molecular weight excluding hydrogens is 370 g/mol. The summed E-state index contributed by atoms with van der Waals surface area (Å²) in [4.78, 5) is 10.8. The maximum Gasteiger partial charge on any atom is 0.318 e. The first-order chi connectivity index (χ1) is 10.5. The zero-order valence-electron chi connectivity index (χ0n) is 11.7. The number of sulfonamides is 1. The van der Waals surface area contributed by atoms with Gasteiger partial charge in [-0.2, -0.15) is 4.31 Å². The van der Waals surface area contributed by atoms with Gasteiger partial charge >= 0.3 is 5.97 Å². The van der Waals surface area contributed by atoms with Gasteiger partial charge in [-0.3, -0.25) is 4.79 Å². The van der Waals surface area contributed by atoms with E-state index in [0.29, 0.717) is 4.31 Å². The molecule has 2 atom stereocenters. The predicted molar refractivity (Wildman–Crippen MR) is 81.4 cm³/mol. The van der Waals surface area contributed by atoms with E-state index in [2.05, 4.69) is 0 Å². The number of hydrogen-bond donors (Lipinski definition) is 2. The normalized spacial score (nSPS) is 24.0. The molecule has 2 rings (SSSR count). The van der Waals surface area contributed by atoms with Crippen molar-refractivity contribution in [3.8, 4) is 0 Å². The number of benzene rings is 1. The standard InChI is InChI=1S/C12H14ClNO7S2/c13-8-1-3-9(4-2-8)23(20,21)14(5-12(16)17)10-6-22(18,19)7-11(10)15/h1-4,10-11,15H,5-7H2,(H,16,17)/t10-,11+/m0/s1. The van der Waals surface area contributed by atoms with Crippen LogP contribution in [0.15, 0.2) is 29.2 Å². The fourth-order valence-electron chi connectivity index (χ4n) is 2.34. The average molecular weight is 384 g/mol. The van der Waals surface area contributed by atoms with Gasteiger partial charge in [0.15, 0.2) is 9.84 Å². The molecule has 0 bridgehead atoms. The lowest BCUT2D eigenvalue weighted by molar-refractivity contribution is -0.137. The van der Waals surface area contributed by atoms with Crippen molar-refractivity contribution in [2.24, 2.45) is 0 Å². The van der Waals surface area contributed by atoms with Gasteiger partial charge in [-0.05, 0) is 24.3 Å². The molecule has 0 unspecified atom stereocenters. The van der Waals surface area contributed by atoms with E-state index in [1.165, 1.54) is 24.3 Å². The Bertz CT molecular complexity index is 804. The van der Waals surface area contributed by atoms with E-state index in [-0.39, 0.29) is 9.92 Å². The monoisotopic (exact) mass is 383 g/mol. The third-order valence-corrected chi connectivity index (χ3v) is 7.21. The third kappa shape index (κ3) is 4.01. The lowest BCUT2D eigenvalue weighted by Crippen LogP contribution is -2.48. The molecule has 1 aromatic rings. The van der Waals surface area contributed by atoms with Crippen LogP contribution in [0.1, 0.15) is 0 Å². The molecule has 0 aromatic heterocycles. The maximum absolute atomic E-state index is 12.6. The van der Waals surface area contributed by atoms with Gasteiger partial charge in [-0.15, -0.1) is 0 Å². The van der Waals surface area contributed by atoms with Crippen LogP contribution in [0.4, 0.5) is 0 Å². The smallest absolute Gasteiger partial charge is 0.318 e. The zero-order valence-corrected chi connectivity index (χ0v) is 14.1. The van der Waals surface area contributed by atoms with Gasteiger partial charge in [0, 0.05) is 5.02 Å². The summed E-state index contributed by atoms with van der Waals surface area (Å²) in [5.41, 5.74) is 0. The molecule has 0 aliphatic carbocycles. The largest absolute Gasteiger partial charge is 0.480 e. The summed E-state index contributed by atoms with van der Waals surface area (Å²) >= 11 is 5.69. The summed E-state index contributed by atoms with van der Waals surface area (Å²) in [6, 6.07) is 3.64. The highest BCUT2D eigenvalue weighted by Crippen LogP contribution is 2.26. The Kier molecular flexibility index (Phi) is 5.02. The van der Waals surface area contributed by atoms with Gasteiger partial charge in [0.05, 0.1) is 28.5 Å². The van der Waals surface area contributed by atoms with Gasteiger partial charge < -0.3 is 10.2 Å². The van der Waals surface area contributed by atoms with Crippen molar-refractivity contribution in [1.29, 1.82) is 0 Å². The van der Waals surface area contributed by atoms with E-state index >= 15 is 0 Å². The number of rotatable bonds is 5. The Balaban J connectivity index is 2.46. The minimum absolute atomic E-state index is 0.236. The van der Waals surface area contributed by atoms with E-state index < -0.39 is 56.0 Å². The van der Waals surface area contributed by atoms with Gasteiger partial charge in [0.2, 0.25) is 10.0 Å². The molecular formula is C12H14ClNO7S2. The molecule has 1 aliphatic heterocycles. The zero-order chi connectivity index (χ0) is 17.4. The number of nitrogens with zero attached hydrogens (tertiary/aromatic N) is 1. The third-order valence-electron chi connectivity index (χ3n) is 3.37. The number of carboxylic acid groups (broad SMARTS) is 1. The first-order valence-corrected chi connectivity index (χ1v) is 10.0. The second-order valence-corrected chi connectivity index (χ2v) is 9.59. The summed E-state index contributed by atoms with van der Waals surface area (Å²) < 4.78 is 49.0. The molecule has 128 valence electrons. The predicted octanol–water partition coefficient (Wildman–Crippen LogP) is -0.427. The van der Waals surface area contributed by atoms with Crippen molar-refractivity contribution in [3.05, 3.63) is 29.3 Å². The van der Waals surface area contributed by atoms with Gasteiger partial charge in [-0.1, -0.05) is 11.6 Å². The number of halogens is 1. The van der Waals surface area contributed by atoms with Crippen LogP contribution in [-0.2, 0) is 24.7 Å². The molecule has 0 saturated carbocycles. The number of aliphatic hydroxyl groups excluding tert-OH is 1. The summed E-state index contributed by atoms with van der Waals surface area (Å²) in [6.45, 7) is -0.956. The lowest BCUT2D eigenvalue weighted by atomic mass is 10.2. The quantitative estimate of drug-likeness (QED) is 0.705. The Morgan fingerprint density at radius 3 is 2.26 bits per heavy atom. The molecule has 0 amide bonds. The molecule has 1 aromatic carbocycles. The van der Waals surface area contributed by atoms with Crippen LogP contribution in [0.3, 0.4) is 0 Å². The van der Waals surface area contributed by atoms with Crippen LogP contribution in [0, 0.1) is 0 Å². The number of aliphatic carboxylic acids is 1. The second-order valence-electron chi connectivity index (χ2n) is 5.11. The number of carbonyl (C=O) groups is 1. The van der Waals surface area contributed by atoms with Crippen LogP contribution in [0.5, 0.6) is 0 Å². The number of hydrogen-bond acceptors (Lipinski definition) is 6. The molecule has 11 heteroatoms. The number of carboxylic acids is 1. The van der Waals surface area contributed by atoms with Gasteiger partial charge in [-0.25, -0.2) is 16.8 Å². The topological polar surface area (TPSA) is 129 Å². The molecule has 8 nitrogen and oxygen atoms in total. The van der Waals surface area contributed by atoms with E-state index in [0.717, 1.165) is 0 Å². The highest BCUT2D eigenvalue weighted by atomic mass is 35.5. The Hall–Kier alpha value is -1.20. The molecule has 2 N–H and O–H groups in total. The van der Waals surface area contributed by atoms with Crippen molar-refractivity contribution in [2.75, 3.05) is 18.1 Å². The maximum atomic E-state index is 12.6. The molecule has 0 spiro atoms. The van der Waals surface area contributed by atoms with E-state index in [9.17, 15) is 26.7 Å². The lowest BCUT2D eigenvalue weighted by Gasteiger charge is -2.27. The molecule has 1 aliphatic rings. The Labute approximate surface area is 138 Å². The number of sulfone groups is 1. The summed E-state index contributed by atoms with van der Waals surface area (Å²) in [7, 11) is -7.95. The van der Waals surface area contributed by atoms with Crippen molar-refractivity contribution >= 4 is 37.4 Å². The Morgan fingerprint density at radius 2 is 1.83 bits per heavy atom.